The third kappa shape index (κ3) is 4.64. The molecular formula is C13H24N4. The minimum atomic E-state index is 0.768. The lowest BCUT2D eigenvalue weighted by molar-refractivity contribution is 0.251. The van der Waals surface area contributed by atoms with Gasteiger partial charge in [-0.1, -0.05) is 26.7 Å². The van der Waals surface area contributed by atoms with E-state index in [1.165, 1.54) is 25.7 Å². The van der Waals surface area contributed by atoms with Gasteiger partial charge in [0.25, 0.3) is 0 Å². The molecule has 1 N–H and O–H groups in total. The fraction of sp³-hybridized carbons (Fsp3) is 0.846. The van der Waals surface area contributed by atoms with Crippen LogP contribution in [0.4, 0.5) is 0 Å². The second-order valence-corrected chi connectivity index (χ2v) is 4.66. The van der Waals surface area contributed by atoms with Gasteiger partial charge in [0.1, 0.15) is 0 Å². The molecule has 0 unspecified atom stereocenters. The van der Waals surface area contributed by atoms with Crippen LogP contribution < -0.4 is 5.32 Å². The van der Waals surface area contributed by atoms with Crippen LogP contribution in [0, 0.1) is 17.4 Å². The maximum absolute atomic E-state index is 8.73. The fourth-order valence-electron chi connectivity index (χ4n) is 2.33. The normalized spacial score (nSPS) is 17.9. The van der Waals surface area contributed by atoms with E-state index >= 15 is 0 Å². The van der Waals surface area contributed by atoms with E-state index in [0.717, 1.165) is 37.9 Å². The number of nitriles is 1. The molecule has 0 bridgehead atoms. The molecule has 0 aromatic rings. The molecule has 0 aromatic heterocycles. The first-order valence-corrected chi connectivity index (χ1v) is 6.76. The first-order valence-electron chi connectivity index (χ1n) is 6.76. The number of piperidine rings is 1. The largest absolute Gasteiger partial charge is 0.342 e. The summed E-state index contributed by atoms with van der Waals surface area (Å²) >= 11 is 0. The minimum Gasteiger partial charge on any atom is -0.342 e. The molecule has 1 aliphatic rings. The van der Waals surface area contributed by atoms with Gasteiger partial charge in [0.2, 0.25) is 5.96 Å². The summed E-state index contributed by atoms with van der Waals surface area (Å²) in [7, 11) is 0. The van der Waals surface area contributed by atoms with Gasteiger partial charge in [0.05, 0.1) is 0 Å². The molecule has 1 fully saturated rings. The van der Waals surface area contributed by atoms with Gasteiger partial charge in [-0.2, -0.15) is 5.26 Å². The van der Waals surface area contributed by atoms with Crippen molar-refractivity contribution in [1.29, 1.82) is 5.26 Å². The number of guanidine groups is 1. The van der Waals surface area contributed by atoms with Crippen molar-refractivity contribution in [3.05, 3.63) is 0 Å². The van der Waals surface area contributed by atoms with E-state index in [1.807, 2.05) is 6.19 Å². The number of nitrogens with zero attached hydrogens (tertiary/aromatic N) is 3. The topological polar surface area (TPSA) is 51.4 Å². The number of hydrogen-bond donors (Lipinski definition) is 1. The van der Waals surface area contributed by atoms with Crippen LogP contribution in [-0.4, -0.2) is 30.5 Å². The second kappa shape index (κ2) is 7.94. The van der Waals surface area contributed by atoms with Crippen molar-refractivity contribution in [3.8, 4) is 6.19 Å². The molecule has 0 spiro atoms. The number of aliphatic imine (C=N–C) groups is 1. The van der Waals surface area contributed by atoms with Crippen LogP contribution >= 0.6 is 0 Å². The van der Waals surface area contributed by atoms with Crippen molar-refractivity contribution in [3.63, 3.8) is 0 Å². The summed E-state index contributed by atoms with van der Waals surface area (Å²) in [5.41, 5.74) is 0. The van der Waals surface area contributed by atoms with Crippen LogP contribution in [-0.2, 0) is 0 Å². The molecule has 0 saturated carbocycles. The van der Waals surface area contributed by atoms with Crippen LogP contribution in [0.5, 0.6) is 0 Å². The molecule has 0 radical (unpaired) electrons. The third-order valence-corrected chi connectivity index (χ3v) is 3.26. The summed E-state index contributed by atoms with van der Waals surface area (Å²) in [6, 6.07) is 0. The Bertz CT molecular complexity index is 272. The van der Waals surface area contributed by atoms with E-state index in [-0.39, 0.29) is 0 Å². The summed E-state index contributed by atoms with van der Waals surface area (Å²) < 4.78 is 0. The van der Waals surface area contributed by atoms with Gasteiger partial charge in [-0.25, -0.2) is 0 Å². The van der Waals surface area contributed by atoms with Crippen molar-refractivity contribution >= 4 is 5.96 Å². The predicted molar refractivity (Wildman–Crippen MR) is 70.5 cm³/mol. The first-order chi connectivity index (χ1) is 8.31. The Morgan fingerprint density at radius 2 is 2.06 bits per heavy atom. The van der Waals surface area contributed by atoms with Crippen LogP contribution in [0.1, 0.15) is 46.0 Å². The van der Waals surface area contributed by atoms with Crippen LogP contribution in [0.2, 0.25) is 0 Å². The molecular weight excluding hydrogens is 212 g/mol. The molecule has 0 atom stereocenters. The van der Waals surface area contributed by atoms with Crippen LogP contribution in [0.25, 0.3) is 0 Å². The summed E-state index contributed by atoms with van der Waals surface area (Å²) in [5.74, 6) is 1.63. The van der Waals surface area contributed by atoms with E-state index in [4.69, 9.17) is 5.26 Å². The molecule has 4 heteroatoms. The summed E-state index contributed by atoms with van der Waals surface area (Å²) in [6.45, 7) is 7.20. The third-order valence-electron chi connectivity index (χ3n) is 3.26. The molecule has 0 amide bonds. The zero-order valence-electron chi connectivity index (χ0n) is 11.1. The molecule has 0 aliphatic carbocycles. The Morgan fingerprint density at radius 1 is 1.35 bits per heavy atom. The second-order valence-electron chi connectivity index (χ2n) is 4.66. The highest BCUT2D eigenvalue weighted by Gasteiger charge is 2.20. The lowest BCUT2D eigenvalue weighted by Crippen LogP contribution is -2.44. The summed E-state index contributed by atoms with van der Waals surface area (Å²) in [4.78, 5) is 6.65. The van der Waals surface area contributed by atoms with Gasteiger partial charge < -0.3 is 4.90 Å². The van der Waals surface area contributed by atoms with E-state index in [2.05, 4.69) is 29.1 Å². The first kappa shape index (κ1) is 13.8. The van der Waals surface area contributed by atoms with Gasteiger partial charge in [-0.15, -0.1) is 0 Å². The Morgan fingerprint density at radius 3 is 2.59 bits per heavy atom. The SMILES string of the molecule is CCCN=C(NC#N)N1CCC(CCC)CC1. The molecule has 1 aliphatic heterocycles. The zero-order valence-corrected chi connectivity index (χ0v) is 11.1. The quantitative estimate of drug-likeness (QED) is 0.353. The summed E-state index contributed by atoms with van der Waals surface area (Å²) in [6.07, 6.45) is 8.07. The van der Waals surface area contributed by atoms with Crippen molar-refractivity contribution in [2.24, 2.45) is 10.9 Å². The minimum absolute atomic E-state index is 0.768. The Labute approximate surface area is 105 Å². The van der Waals surface area contributed by atoms with Crippen molar-refractivity contribution in [2.75, 3.05) is 19.6 Å². The Kier molecular flexibility index (Phi) is 6.46. The van der Waals surface area contributed by atoms with Gasteiger partial charge in [-0.3, -0.25) is 10.3 Å². The van der Waals surface area contributed by atoms with Crippen LogP contribution in [0.15, 0.2) is 4.99 Å². The average Bonchev–Trinajstić information content (AvgIpc) is 2.36. The average molecular weight is 236 g/mol. The highest BCUT2D eigenvalue weighted by Crippen LogP contribution is 2.21. The molecule has 4 nitrogen and oxygen atoms in total. The van der Waals surface area contributed by atoms with E-state index in [1.54, 1.807) is 0 Å². The summed E-state index contributed by atoms with van der Waals surface area (Å²) in [5, 5.41) is 11.4. The van der Waals surface area contributed by atoms with E-state index < -0.39 is 0 Å². The Balaban J connectivity index is 2.46. The fourth-order valence-corrected chi connectivity index (χ4v) is 2.33. The standard InChI is InChI=1S/C13H24N4/c1-3-5-12-6-9-17(10-7-12)13(16-11-14)15-8-4-2/h12H,3-10H2,1-2H3,(H,15,16). The lowest BCUT2D eigenvalue weighted by atomic mass is 9.93. The number of rotatable bonds is 4. The zero-order chi connectivity index (χ0) is 12.5. The van der Waals surface area contributed by atoms with Crippen LogP contribution in [0.3, 0.4) is 0 Å². The highest BCUT2D eigenvalue weighted by atomic mass is 15.3. The molecule has 0 aromatic carbocycles. The number of hydrogen-bond acceptors (Lipinski definition) is 2. The van der Waals surface area contributed by atoms with Gasteiger partial charge in [0.15, 0.2) is 6.19 Å². The highest BCUT2D eigenvalue weighted by molar-refractivity contribution is 5.81. The molecule has 1 rings (SSSR count). The van der Waals surface area contributed by atoms with Gasteiger partial charge in [0, 0.05) is 19.6 Å². The molecule has 17 heavy (non-hydrogen) atoms. The van der Waals surface area contributed by atoms with Crippen molar-refractivity contribution in [2.45, 2.75) is 46.0 Å². The van der Waals surface area contributed by atoms with Crippen molar-refractivity contribution < 1.29 is 0 Å². The molecule has 1 saturated heterocycles. The monoisotopic (exact) mass is 236 g/mol. The lowest BCUT2D eigenvalue weighted by Gasteiger charge is -2.33. The smallest absolute Gasteiger partial charge is 0.207 e. The number of likely N-dealkylation sites (tertiary alicyclic amines) is 1. The van der Waals surface area contributed by atoms with Gasteiger partial charge >= 0.3 is 0 Å². The molecule has 96 valence electrons. The number of nitrogens with one attached hydrogen (secondary N) is 1. The predicted octanol–water partition coefficient (Wildman–Crippen LogP) is 2.34. The maximum Gasteiger partial charge on any atom is 0.207 e. The Hall–Kier alpha value is -1.24. The van der Waals surface area contributed by atoms with E-state index in [9.17, 15) is 0 Å². The maximum atomic E-state index is 8.73. The molecule has 1 heterocycles. The van der Waals surface area contributed by atoms with Gasteiger partial charge in [-0.05, 0) is 25.2 Å². The van der Waals surface area contributed by atoms with E-state index in [0.29, 0.717) is 0 Å². The van der Waals surface area contributed by atoms with Crippen molar-refractivity contribution in [1.82, 2.24) is 10.2 Å².